The van der Waals surface area contributed by atoms with Crippen LogP contribution in [0.3, 0.4) is 0 Å². The van der Waals surface area contributed by atoms with Crippen molar-refractivity contribution in [2.45, 2.75) is 62.7 Å². The van der Waals surface area contributed by atoms with Crippen molar-refractivity contribution in [1.29, 1.82) is 0 Å². The van der Waals surface area contributed by atoms with Gasteiger partial charge in [-0.3, -0.25) is 22.3 Å². The predicted molar refractivity (Wildman–Crippen MR) is 185 cm³/mol. The average Bonchev–Trinajstić information content (AvgIpc) is 3.56. The van der Waals surface area contributed by atoms with Crippen LogP contribution in [0, 0.1) is 20.8 Å². The number of nitrogen functional groups attached to an aromatic ring is 1. The molecular weight excluding hydrogens is 733 g/mol. The predicted octanol–water partition coefficient (Wildman–Crippen LogP) is 0.265. The summed E-state index contributed by atoms with van der Waals surface area (Å²) >= 11 is 0. The molecule has 8 N–H and O–H groups in total. The molecule has 3 heterocycles. The van der Waals surface area contributed by atoms with Crippen LogP contribution in [0.15, 0.2) is 53.9 Å². The minimum atomic E-state index is -5.17. The van der Waals surface area contributed by atoms with Crippen LogP contribution >= 0.6 is 0 Å². The Morgan fingerprint density at radius 2 is 1.63 bits per heavy atom. The second-order valence-electron chi connectivity index (χ2n) is 11.7. The zero-order valence-electron chi connectivity index (χ0n) is 27.9. The maximum Gasteiger partial charge on any atom is 0.320 e. The molecule has 1 saturated heterocycles. The molecule has 0 saturated carbocycles. The Bertz CT molecular complexity index is 2030. The van der Waals surface area contributed by atoms with Crippen LogP contribution in [0.1, 0.15) is 29.3 Å². The van der Waals surface area contributed by atoms with Crippen LogP contribution in [-0.4, -0.2) is 113 Å². The first-order chi connectivity index (χ1) is 23.6. The summed E-state index contributed by atoms with van der Waals surface area (Å²) in [6.07, 6.45) is 1.31. The highest BCUT2D eigenvalue weighted by molar-refractivity contribution is 7.96. The van der Waals surface area contributed by atoms with Gasteiger partial charge in [0.1, 0.15) is 52.6 Å². The molecule has 2 aromatic heterocycles. The van der Waals surface area contributed by atoms with E-state index in [1.54, 1.807) is 18.2 Å². The van der Waals surface area contributed by atoms with Crippen molar-refractivity contribution >= 4 is 54.4 Å². The number of aliphatic hydroxyl groups is 2. The molecule has 280 valence electrons. The molecule has 0 amide bonds. The van der Waals surface area contributed by atoms with Gasteiger partial charge in [0.25, 0.3) is 10.1 Å². The Balaban J connectivity index is 0.000000254. The maximum absolute atomic E-state index is 11.5. The molecule has 51 heavy (non-hydrogen) atoms. The summed E-state index contributed by atoms with van der Waals surface area (Å²) in [5.74, 6) is 0.254. The number of aliphatic carboxylic acids is 1. The standard InChI is InChI=1S/C15H22N6O5S.C15H16O3S.H2O4S/c1-27(3-2-7(16)15(24)25)4-8-10(22)11(23)14(26-8)21-6-20-9-12(17)18-5-19-13(9)21;1-10-8-11(2)15(12(3)9-10)13-6-4-5-7-14(13)19(16,17)18;1-5(2,3)4/h5-8,10-11,14,22-23H,2-4,16H2,1H3,(H2-,17,18,19,24,25);4-9H,1-3H3,(H,16,17,18);(H2,1,2,3,4)/p-1/t7-,8+,10+,11+,14+,27?;;/m0../s1. The second kappa shape index (κ2) is 17.2. The van der Waals surface area contributed by atoms with E-state index in [0.717, 1.165) is 22.3 Å². The molecule has 21 heteroatoms. The largest absolute Gasteiger partial charge is 0.759 e. The monoisotopic (exact) mass is 771 g/mol. The normalized spacial score (nSPS) is 20.1. The third kappa shape index (κ3) is 11.4. The zero-order valence-corrected chi connectivity index (χ0v) is 30.3. The molecule has 0 spiro atoms. The van der Waals surface area contributed by atoms with Crippen LogP contribution < -0.4 is 11.5 Å². The van der Waals surface area contributed by atoms with E-state index in [4.69, 9.17) is 38.8 Å². The van der Waals surface area contributed by atoms with Crippen LogP contribution in [-0.2, 0) is 40.9 Å². The molecular formula is C30H39N6O12S3-. The molecule has 1 fully saturated rings. The Hall–Kier alpha value is -3.77. The van der Waals surface area contributed by atoms with Crippen molar-refractivity contribution in [3.8, 4) is 11.1 Å². The summed E-state index contributed by atoms with van der Waals surface area (Å²) in [4.78, 5) is 22.9. The number of aromatic nitrogens is 4. The summed E-state index contributed by atoms with van der Waals surface area (Å²) < 4.78 is 73.8. The van der Waals surface area contributed by atoms with E-state index < -0.39 is 57.1 Å². The number of aryl methyl sites for hydroxylation is 3. The number of hydrogen-bond acceptors (Lipinski definition) is 15. The lowest BCUT2D eigenvalue weighted by Gasteiger charge is -2.16. The first-order valence-electron chi connectivity index (χ1n) is 14.9. The molecule has 0 radical (unpaired) electrons. The van der Waals surface area contributed by atoms with Crippen molar-refractivity contribution in [3.63, 3.8) is 0 Å². The molecule has 4 aromatic rings. The lowest BCUT2D eigenvalue weighted by Crippen LogP contribution is -2.37. The van der Waals surface area contributed by atoms with Crippen LogP contribution in [0.2, 0.25) is 0 Å². The van der Waals surface area contributed by atoms with Crippen LogP contribution in [0.25, 0.3) is 22.3 Å². The van der Waals surface area contributed by atoms with E-state index in [1.165, 1.54) is 23.3 Å². The fraction of sp³-hybridized carbons (Fsp3) is 0.400. The Morgan fingerprint density at radius 1 is 1.04 bits per heavy atom. The number of anilines is 1. The highest BCUT2D eigenvalue weighted by Gasteiger charge is 2.46. The summed E-state index contributed by atoms with van der Waals surface area (Å²) in [5.41, 5.74) is 16.6. The number of carboxylic acid groups (broad SMARTS) is 1. The van der Waals surface area contributed by atoms with E-state index in [2.05, 4.69) is 15.0 Å². The third-order valence-electron chi connectivity index (χ3n) is 7.65. The summed E-state index contributed by atoms with van der Waals surface area (Å²) in [7, 11) is -9.63. The number of hydrogen-bond donors (Lipinski definition) is 6. The number of carboxylic acids is 1. The summed E-state index contributed by atoms with van der Waals surface area (Å²) in [5, 5.41) is 29.7. The second-order valence-corrected chi connectivity index (χ2v) is 16.2. The number of imidazole rings is 1. The van der Waals surface area contributed by atoms with Gasteiger partial charge in [-0.15, -0.1) is 0 Å². The quantitative estimate of drug-likeness (QED) is 0.0755. The molecule has 5 rings (SSSR count). The third-order valence-corrected chi connectivity index (χ3v) is 10.4. The fourth-order valence-electron chi connectivity index (χ4n) is 5.47. The topological polar surface area (TPSA) is 317 Å². The smallest absolute Gasteiger partial charge is 0.320 e. The Morgan fingerprint density at radius 3 is 2.20 bits per heavy atom. The number of rotatable bonds is 9. The molecule has 2 aromatic carbocycles. The Kier molecular flexibility index (Phi) is 14.0. The van der Waals surface area contributed by atoms with Crippen LogP contribution in [0.4, 0.5) is 5.82 Å². The minimum absolute atomic E-state index is 0.0509. The fourth-order valence-corrected chi connectivity index (χ4v) is 7.83. The molecule has 0 bridgehead atoms. The first kappa shape index (κ1) is 41.6. The minimum Gasteiger partial charge on any atom is -0.759 e. The van der Waals surface area contributed by atoms with Crippen molar-refractivity contribution in [2.24, 2.45) is 5.73 Å². The number of carbonyl (C=O) groups is 1. The van der Waals surface area contributed by atoms with Crippen molar-refractivity contribution in [2.75, 3.05) is 23.5 Å². The number of nitrogens with two attached hydrogens (primary N) is 2. The molecule has 18 nitrogen and oxygen atoms in total. The highest BCUT2D eigenvalue weighted by atomic mass is 32.3. The summed E-state index contributed by atoms with van der Waals surface area (Å²) in [6.45, 7) is 5.88. The average molecular weight is 772 g/mol. The van der Waals surface area contributed by atoms with E-state index in [9.17, 15) is 28.0 Å². The van der Waals surface area contributed by atoms with Gasteiger partial charge in [0.2, 0.25) is 0 Å². The zero-order chi connectivity index (χ0) is 38.4. The van der Waals surface area contributed by atoms with Gasteiger partial charge in [-0.2, -0.15) is 8.42 Å². The first-order valence-corrected chi connectivity index (χ1v) is 19.7. The maximum atomic E-state index is 11.5. The number of fused-ring (bicyclic) bond motifs is 1. The Labute approximate surface area is 297 Å². The summed E-state index contributed by atoms with van der Waals surface area (Å²) in [6, 6.07) is 9.60. The van der Waals surface area contributed by atoms with Crippen molar-refractivity contribution in [3.05, 3.63) is 65.7 Å². The molecule has 6 atom stereocenters. The highest BCUT2D eigenvalue weighted by Crippen LogP contribution is 2.34. The van der Waals surface area contributed by atoms with E-state index in [1.807, 2.05) is 39.2 Å². The van der Waals surface area contributed by atoms with E-state index in [-0.39, 0.29) is 21.6 Å². The lowest BCUT2D eigenvalue weighted by molar-refractivity contribution is -0.138. The molecule has 0 aliphatic carbocycles. The van der Waals surface area contributed by atoms with Gasteiger partial charge in [-0.1, -0.05) is 35.9 Å². The van der Waals surface area contributed by atoms with Gasteiger partial charge in [0.15, 0.2) is 17.7 Å². The van der Waals surface area contributed by atoms with Gasteiger partial charge in [-0.05, 0) is 54.4 Å². The molecule has 1 aliphatic heterocycles. The molecule has 1 unspecified atom stereocenters. The van der Waals surface area contributed by atoms with Crippen molar-refractivity contribution < 1.29 is 55.3 Å². The number of aliphatic hydroxyl groups excluding tert-OH is 2. The SMILES string of the molecule is C[S+](CC[C@H](N)C(=O)O)C[C@H]1O[C@@H](n2cnc3c(N)ncnc32)[C@H](O)[C@@H]1O.Cc1cc(C)c(-c2ccccc2S(=O)(=O)O)c(C)c1.O=S(=O)([O-])[O-]. The number of nitrogens with zero attached hydrogens (tertiary/aromatic N) is 4. The van der Waals surface area contributed by atoms with E-state index >= 15 is 0 Å². The number of benzene rings is 2. The van der Waals surface area contributed by atoms with Gasteiger partial charge >= 0.3 is 5.97 Å². The molecule has 1 aliphatic rings. The van der Waals surface area contributed by atoms with Gasteiger partial charge in [0, 0.05) is 22.4 Å². The van der Waals surface area contributed by atoms with Gasteiger partial charge in [-0.25, -0.2) is 15.0 Å². The van der Waals surface area contributed by atoms with Crippen molar-refractivity contribution in [1.82, 2.24) is 19.5 Å². The van der Waals surface area contributed by atoms with Gasteiger partial charge < -0.3 is 40.6 Å². The van der Waals surface area contributed by atoms with Gasteiger partial charge in [0.05, 0.1) is 12.6 Å². The number of ether oxygens (including phenoxy) is 1. The lowest BCUT2D eigenvalue weighted by atomic mass is 9.94. The van der Waals surface area contributed by atoms with E-state index in [0.29, 0.717) is 34.7 Å². The van der Waals surface area contributed by atoms with Crippen LogP contribution in [0.5, 0.6) is 0 Å².